The van der Waals surface area contributed by atoms with Gasteiger partial charge in [0.2, 0.25) is 5.91 Å². The van der Waals surface area contributed by atoms with E-state index in [1.807, 2.05) is 18.2 Å². The van der Waals surface area contributed by atoms with E-state index < -0.39 is 6.04 Å². The molecule has 1 unspecified atom stereocenters. The SMILES string of the molecule is O=C(NC1CCCCCNC1=O)c1ccc2c(c1)N=C(N1CCCCC1)c1ccccc1S2. The Bertz CT molecular complexity index is 1080. The van der Waals surface area contributed by atoms with Gasteiger partial charge in [0, 0.05) is 40.6 Å². The smallest absolute Gasteiger partial charge is 0.252 e. The molecule has 3 aliphatic heterocycles. The van der Waals surface area contributed by atoms with E-state index in [0.29, 0.717) is 18.5 Å². The second-order valence-corrected chi connectivity index (χ2v) is 10.0. The standard InChI is InChI=1S/C26H30N4O2S/c31-25(29-20-10-3-1-6-14-27-26(20)32)18-12-13-23-21(17-18)28-24(30-15-7-2-8-16-30)19-9-4-5-11-22(19)33-23/h4-5,9,11-13,17,20H,1-3,6-8,10,14-16H2,(H,27,32)(H,29,31). The van der Waals surface area contributed by atoms with Crippen LogP contribution in [0.3, 0.4) is 0 Å². The van der Waals surface area contributed by atoms with Crippen molar-refractivity contribution < 1.29 is 9.59 Å². The van der Waals surface area contributed by atoms with Gasteiger partial charge in [-0.1, -0.05) is 42.8 Å². The minimum atomic E-state index is -0.484. The molecule has 0 spiro atoms. The van der Waals surface area contributed by atoms with Crippen molar-refractivity contribution in [1.29, 1.82) is 0 Å². The van der Waals surface area contributed by atoms with E-state index in [2.05, 4.69) is 39.8 Å². The monoisotopic (exact) mass is 462 g/mol. The van der Waals surface area contributed by atoms with Crippen LogP contribution >= 0.6 is 11.8 Å². The van der Waals surface area contributed by atoms with Gasteiger partial charge >= 0.3 is 0 Å². The van der Waals surface area contributed by atoms with Crippen molar-refractivity contribution >= 4 is 35.1 Å². The molecule has 5 rings (SSSR count). The van der Waals surface area contributed by atoms with Gasteiger partial charge in [-0.3, -0.25) is 9.59 Å². The Labute approximate surface area is 199 Å². The Hall–Kier alpha value is -2.80. The lowest BCUT2D eigenvalue weighted by atomic mass is 10.0. The molecular formula is C26H30N4O2S. The number of likely N-dealkylation sites (tertiary alicyclic amines) is 1. The summed E-state index contributed by atoms with van der Waals surface area (Å²) in [5, 5.41) is 5.87. The largest absolute Gasteiger partial charge is 0.356 e. The predicted molar refractivity (Wildman–Crippen MR) is 131 cm³/mol. The Balaban J connectivity index is 1.44. The molecule has 3 aliphatic rings. The molecule has 1 atom stereocenters. The molecule has 0 aliphatic carbocycles. The van der Waals surface area contributed by atoms with E-state index in [0.717, 1.165) is 54.3 Å². The predicted octanol–water partition coefficient (Wildman–Crippen LogP) is 4.50. The van der Waals surface area contributed by atoms with Crippen molar-refractivity contribution in [1.82, 2.24) is 15.5 Å². The van der Waals surface area contributed by atoms with Gasteiger partial charge in [0.05, 0.1) is 5.69 Å². The van der Waals surface area contributed by atoms with Crippen LogP contribution in [0.5, 0.6) is 0 Å². The van der Waals surface area contributed by atoms with Crippen molar-refractivity contribution in [2.24, 2.45) is 4.99 Å². The molecule has 172 valence electrons. The van der Waals surface area contributed by atoms with E-state index in [1.54, 1.807) is 11.8 Å². The zero-order valence-electron chi connectivity index (χ0n) is 18.8. The highest BCUT2D eigenvalue weighted by atomic mass is 32.2. The fraction of sp³-hybridized carbons (Fsp3) is 0.423. The third-order valence-corrected chi connectivity index (χ3v) is 7.68. The quantitative estimate of drug-likeness (QED) is 0.689. The first-order valence-electron chi connectivity index (χ1n) is 12.0. The van der Waals surface area contributed by atoms with Gasteiger partial charge in [-0.15, -0.1) is 0 Å². The summed E-state index contributed by atoms with van der Waals surface area (Å²) in [5.41, 5.74) is 2.50. The number of carbonyl (C=O) groups is 2. The molecule has 6 nitrogen and oxygen atoms in total. The summed E-state index contributed by atoms with van der Waals surface area (Å²) in [6.07, 6.45) is 7.29. The topological polar surface area (TPSA) is 73.8 Å². The van der Waals surface area contributed by atoms with Gasteiger partial charge < -0.3 is 15.5 Å². The summed E-state index contributed by atoms with van der Waals surface area (Å²) in [5.74, 6) is 0.683. The van der Waals surface area contributed by atoms with E-state index >= 15 is 0 Å². The van der Waals surface area contributed by atoms with Gasteiger partial charge in [-0.25, -0.2) is 4.99 Å². The molecule has 2 aromatic carbocycles. The molecule has 0 aromatic heterocycles. The highest BCUT2D eigenvalue weighted by Gasteiger charge is 2.25. The first-order chi connectivity index (χ1) is 16.2. The number of benzene rings is 2. The molecule has 2 aromatic rings. The lowest BCUT2D eigenvalue weighted by molar-refractivity contribution is -0.123. The van der Waals surface area contributed by atoms with Crippen LogP contribution < -0.4 is 10.6 Å². The van der Waals surface area contributed by atoms with Crippen molar-refractivity contribution in [3.63, 3.8) is 0 Å². The minimum Gasteiger partial charge on any atom is -0.356 e. The first-order valence-corrected chi connectivity index (χ1v) is 12.8. The maximum absolute atomic E-state index is 13.1. The number of hydrogen-bond acceptors (Lipinski definition) is 5. The molecule has 2 N–H and O–H groups in total. The number of nitrogens with zero attached hydrogens (tertiary/aromatic N) is 2. The van der Waals surface area contributed by atoms with Crippen LogP contribution in [0, 0.1) is 0 Å². The van der Waals surface area contributed by atoms with Gasteiger partial charge in [-0.05, 0) is 56.4 Å². The van der Waals surface area contributed by atoms with Gasteiger partial charge in [0.15, 0.2) is 0 Å². The van der Waals surface area contributed by atoms with E-state index in [4.69, 9.17) is 4.99 Å². The fourth-order valence-corrected chi connectivity index (χ4v) is 5.71. The Morgan fingerprint density at radius 3 is 2.70 bits per heavy atom. The van der Waals surface area contributed by atoms with Crippen molar-refractivity contribution in [2.75, 3.05) is 19.6 Å². The average Bonchev–Trinajstić information content (AvgIpc) is 3.00. The molecule has 0 bridgehead atoms. The number of hydrogen-bond donors (Lipinski definition) is 2. The number of rotatable bonds is 2. The Morgan fingerprint density at radius 2 is 1.82 bits per heavy atom. The molecule has 7 heteroatoms. The van der Waals surface area contributed by atoms with Crippen LogP contribution in [-0.4, -0.2) is 48.2 Å². The van der Waals surface area contributed by atoms with Crippen molar-refractivity contribution in [3.8, 4) is 0 Å². The van der Waals surface area contributed by atoms with Crippen molar-refractivity contribution in [3.05, 3.63) is 53.6 Å². The maximum Gasteiger partial charge on any atom is 0.252 e. The normalized spacial score (nSPS) is 20.8. The van der Waals surface area contributed by atoms with Gasteiger partial charge in [0.25, 0.3) is 5.91 Å². The molecule has 0 radical (unpaired) electrons. The molecule has 0 saturated carbocycles. The van der Waals surface area contributed by atoms with Gasteiger partial charge in [-0.2, -0.15) is 0 Å². The molecular weight excluding hydrogens is 432 g/mol. The lowest BCUT2D eigenvalue weighted by Gasteiger charge is -2.30. The van der Waals surface area contributed by atoms with Crippen LogP contribution in [0.25, 0.3) is 0 Å². The summed E-state index contributed by atoms with van der Waals surface area (Å²) in [4.78, 5) is 35.2. The Kier molecular flexibility index (Phi) is 6.67. The summed E-state index contributed by atoms with van der Waals surface area (Å²) in [6, 6.07) is 13.6. The molecule has 2 saturated heterocycles. The zero-order chi connectivity index (χ0) is 22.6. The second-order valence-electron chi connectivity index (χ2n) is 8.93. The zero-order valence-corrected chi connectivity index (χ0v) is 19.6. The second kappa shape index (κ2) is 10.00. The first kappa shape index (κ1) is 22.0. The molecule has 2 amide bonds. The summed E-state index contributed by atoms with van der Waals surface area (Å²) < 4.78 is 0. The van der Waals surface area contributed by atoms with Crippen LogP contribution in [0.2, 0.25) is 0 Å². The Morgan fingerprint density at radius 1 is 1.00 bits per heavy atom. The number of nitrogens with one attached hydrogen (secondary N) is 2. The third kappa shape index (κ3) is 4.93. The molecule has 2 fully saturated rings. The summed E-state index contributed by atoms with van der Waals surface area (Å²) in [6.45, 7) is 2.68. The summed E-state index contributed by atoms with van der Waals surface area (Å²) >= 11 is 1.70. The molecule has 3 heterocycles. The average molecular weight is 463 g/mol. The highest BCUT2D eigenvalue weighted by molar-refractivity contribution is 7.99. The number of carbonyl (C=O) groups excluding carboxylic acids is 2. The third-order valence-electron chi connectivity index (χ3n) is 6.54. The number of fused-ring (bicyclic) bond motifs is 2. The van der Waals surface area contributed by atoms with Crippen LogP contribution in [-0.2, 0) is 4.79 Å². The highest BCUT2D eigenvalue weighted by Crippen LogP contribution is 2.41. The van der Waals surface area contributed by atoms with E-state index in [1.165, 1.54) is 24.2 Å². The lowest BCUT2D eigenvalue weighted by Crippen LogP contribution is -2.47. The van der Waals surface area contributed by atoms with Crippen LogP contribution in [0.4, 0.5) is 5.69 Å². The van der Waals surface area contributed by atoms with Crippen LogP contribution in [0.15, 0.2) is 57.2 Å². The minimum absolute atomic E-state index is 0.0887. The number of amidine groups is 1. The summed E-state index contributed by atoms with van der Waals surface area (Å²) in [7, 11) is 0. The number of piperidine rings is 1. The van der Waals surface area contributed by atoms with E-state index in [-0.39, 0.29) is 11.8 Å². The van der Waals surface area contributed by atoms with E-state index in [9.17, 15) is 9.59 Å². The van der Waals surface area contributed by atoms with Crippen molar-refractivity contribution in [2.45, 2.75) is 60.8 Å². The fourth-order valence-electron chi connectivity index (χ4n) is 4.71. The maximum atomic E-state index is 13.1. The molecule has 33 heavy (non-hydrogen) atoms. The number of aliphatic imine (C=N–C) groups is 1. The number of amides is 2. The van der Waals surface area contributed by atoms with Gasteiger partial charge in [0.1, 0.15) is 11.9 Å². The van der Waals surface area contributed by atoms with Crippen LogP contribution in [0.1, 0.15) is 60.9 Å².